The number of nitrogens with zero attached hydrogens (tertiary/aromatic N) is 2. The number of hydrogen-bond donors (Lipinski definition) is 1. The van der Waals surface area contributed by atoms with Crippen molar-refractivity contribution < 1.29 is 9.53 Å². The number of pyridine rings is 1. The number of ether oxygens (including phenoxy) is 1. The summed E-state index contributed by atoms with van der Waals surface area (Å²) >= 11 is 0. The minimum absolute atomic E-state index is 0.0962. The number of benzene rings is 1. The van der Waals surface area contributed by atoms with Crippen LogP contribution in [-0.4, -0.2) is 38.1 Å². The third-order valence-corrected chi connectivity index (χ3v) is 4.11. The highest BCUT2D eigenvalue weighted by Gasteiger charge is 2.09. The number of rotatable bonds is 9. The Hall–Kier alpha value is -2.56. The molecule has 0 aliphatic heterocycles. The van der Waals surface area contributed by atoms with Gasteiger partial charge in [0.05, 0.1) is 24.6 Å². The number of anilines is 1. The van der Waals surface area contributed by atoms with E-state index in [0.717, 1.165) is 42.8 Å². The minimum Gasteiger partial charge on any atom is -0.497 e. The van der Waals surface area contributed by atoms with Crippen LogP contribution in [0.25, 0.3) is 0 Å². The van der Waals surface area contributed by atoms with Crippen molar-refractivity contribution in [2.24, 2.45) is 0 Å². The monoisotopic (exact) mass is 341 g/mol. The number of carbonyl (C=O) groups is 1. The van der Waals surface area contributed by atoms with Crippen LogP contribution in [0.15, 0.2) is 42.7 Å². The largest absolute Gasteiger partial charge is 0.497 e. The Labute approximate surface area is 150 Å². The van der Waals surface area contributed by atoms with E-state index in [1.54, 1.807) is 19.5 Å². The highest BCUT2D eigenvalue weighted by Crippen LogP contribution is 2.14. The van der Waals surface area contributed by atoms with Crippen LogP contribution in [-0.2, 0) is 6.42 Å². The van der Waals surface area contributed by atoms with Crippen molar-refractivity contribution in [3.63, 3.8) is 0 Å². The topological polar surface area (TPSA) is 54.5 Å². The number of aromatic nitrogens is 1. The van der Waals surface area contributed by atoms with Gasteiger partial charge < -0.3 is 15.0 Å². The second-order valence-electron chi connectivity index (χ2n) is 6.06. The first kappa shape index (κ1) is 18.8. The predicted molar refractivity (Wildman–Crippen MR) is 101 cm³/mol. The van der Waals surface area contributed by atoms with Crippen molar-refractivity contribution in [1.82, 2.24) is 10.3 Å². The molecule has 0 radical (unpaired) electrons. The van der Waals surface area contributed by atoms with Crippen molar-refractivity contribution in [2.75, 3.05) is 32.1 Å². The SMILES string of the molecule is CCCCN(C)c1cncc(C(=O)NCCc2cccc(OC)c2)c1. The maximum atomic E-state index is 12.4. The molecule has 0 aliphatic carbocycles. The molecule has 1 aromatic carbocycles. The lowest BCUT2D eigenvalue weighted by atomic mass is 10.1. The van der Waals surface area contributed by atoms with Crippen LogP contribution in [0.2, 0.25) is 0 Å². The molecule has 0 bridgehead atoms. The number of amides is 1. The lowest BCUT2D eigenvalue weighted by Gasteiger charge is -2.19. The molecule has 0 aliphatic rings. The Kier molecular flexibility index (Phi) is 7.26. The van der Waals surface area contributed by atoms with Gasteiger partial charge in [-0.3, -0.25) is 9.78 Å². The first-order valence-electron chi connectivity index (χ1n) is 8.71. The van der Waals surface area contributed by atoms with Crippen molar-refractivity contribution in [3.05, 3.63) is 53.9 Å². The highest BCUT2D eigenvalue weighted by atomic mass is 16.5. The van der Waals surface area contributed by atoms with Gasteiger partial charge in [0.15, 0.2) is 0 Å². The molecule has 25 heavy (non-hydrogen) atoms. The van der Waals surface area contributed by atoms with E-state index in [1.165, 1.54) is 0 Å². The molecule has 5 nitrogen and oxygen atoms in total. The van der Waals surface area contributed by atoms with Crippen molar-refractivity contribution >= 4 is 11.6 Å². The third kappa shape index (κ3) is 5.78. The molecule has 0 fully saturated rings. The third-order valence-electron chi connectivity index (χ3n) is 4.11. The summed E-state index contributed by atoms with van der Waals surface area (Å²) in [6.45, 7) is 3.69. The van der Waals surface area contributed by atoms with Crippen molar-refractivity contribution in [3.8, 4) is 5.75 Å². The molecule has 0 saturated carbocycles. The zero-order chi connectivity index (χ0) is 18.1. The van der Waals surface area contributed by atoms with E-state index in [9.17, 15) is 4.79 Å². The van der Waals surface area contributed by atoms with Gasteiger partial charge in [-0.15, -0.1) is 0 Å². The van der Waals surface area contributed by atoms with Crippen LogP contribution in [0.4, 0.5) is 5.69 Å². The fourth-order valence-corrected chi connectivity index (χ4v) is 2.54. The Morgan fingerprint density at radius 1 is 1.28 bits per heavy atom. The molecule has 1 amide bonds. The maximum absolute atomic E-state index is 12.4. The lowest BCUT2D eigenvalue weighted by Crippen LogP contribution is -2.26. The maximum Gasteiger partial charge on any atom is 0.252 e. The highest BCUT2D eigenvalue weighted by molar-refractivity contribution is 5.94. The number of nitrogens with one attached hydrogen (secondary N) is 1. The molecular formula is C20H27N3O2. The average molecular weight is 341 g/mol. The summed E-state index contributed by atoms with van der Waals surface area (Å²) in [7, 11) is 3.68. The summed E-state index contributed by atoms with van der Waals surface area (Å²) < 4.78 is 5.21. The molecule has 0 spiro atoms. The van der Waals surface area contributed by atoms with Gasteiger partial charge >= 0.3 is 0 Å². The quantitative estimate of drug-likeness (QED) is 0.760. The van der Waals surface area contributed by atoms with Gasteiger partial charge in [-0.2, -0.15) is 0 Å². The standard InChI is InChI=1S/C20H27N3O2/c1-4-5-11-23(2)18-13-17(14-21-15-18)20(24)22-10-9-16-7-6-8-19(12-16)25-3/h6-8,12-15H,4-5,9-11H2,1-3H3,(H,22,24). The molecule has 134 valence electrons. The predicted octanol–water partition coefficient (Wildman–Crippen LogP) is 3.30. The summed E-state index contributed by atoms with van der Waals surface area (Å²) in [6.07, 6.45) is 6.42. The van der Waals surface area contributed by atoms with E-state index in [-0.39, 0.29) is 5.91 Å². The molecular weight excluding hydrogens is 314 g/mol. The Balaban J connectivity index is 1.90. The summed E-state index contributed by atoms with van der Waals surface area (Å²) in [4.78, 5) is 18.7. The molecule has 0 unspecified atom stereocenters. The first-order valence-corrected chi connectivity index (χ1v) is 8.71. The molecule has 0 saturated heterocycles. The Morgan fingerprint density at radius 2 is 2.12 bits per heavy atom. The van der Waals surface area contributed by atoms with Gasteiger partial charge in [-0.05, 0) is 36.6 Å². The van der Waals surface area contributed by atoms with Crippen LogP contribution in [0.5, 0.6) is 5.75 Å². The number of hydrogen-bond acceptors (Lipinski definition) is 4. The van der Waals surface area contributed by atoms with Gasteiger partial charge in [0.1, 0.15) is 5.75 Å². The second kappa shape index (κ2) is 9.67. The van der Waals surface area contributed by atoms with E-state index >= 15 is 0 Å². The van der Waals surface area contributed by atoms with Gasteiger partial charge in [0, 0.05) is 26.3 Å². The first-order chi connectivity index (χ1) is 12.1. The Morgan fingerprint density at radius 3 is 2.88 bits per heavy atom. The molecule has 2 rings (SSSR count). The number of carbonyl (C=O) groups excluding carboxylic acids is 1. The van der Waals surface area contributed by atoms with Gasteiger partial charge in [0.2, 0.25) is 0 Å². The van der Waals surface area contributed by atoms with E-state index < -0.39 is 0 Å². The second-order valence-corrected chi connectivity index (χ2v) is 6.06. The van der Waals surface area contributed by atoms with Crippen LogP contribution in [0, 0.1) is 0 Å². The minimum atomic E-state index is -0.0962. The smallest absolute Gasteiger partial charge is 0.252 e. The fourth-order valence-electron chi connectivity index (χ4n) is 2.54. The average Bonchev–Trinajstić information content (AvgIpc) is 2.66. The molecule has 1 N–H and O–H groups in total. The van der Waals surface area contributed by atoms with E-state index in [4.69, 9.17) is 4.74 Å². The fraction of sp³-hybridized carbons (Fsp3) is 0.400. The molecule has 1 aromatic heterocycles. The number of methoxy groups -OCH3 is 1. The van der Waals surface area contributed by atoms with Crippen LogP contribution < -0.4 is 15.0 Å². The van der Waals surface area contributed by atoms with Crippen molar-refractivity contribution in [1.29, 1.82) is 0 Å². The summed E-state index contributed by atoms with van der Waals surface area (Å²) in [6, 6.07) is 9.77. The van der Waals surface area contributed by atoms with E-state index in [2.05, 4.69) is 22.1 Å². The zero-order valence-electron chi connectivity index (χ0n) is 15.3. The van der Waals surface area contributed by atoms with Gasteiger partial charge in [-0.1, -0.05) is 25.5 Å². The summed E-state index contributed by atoms with van der Waals surface area (Å²) in [5, 5.41) is 2.96. The zero-order valence-corrected chi connectivity index (χ0v) is 15.3. The molecule has 5 heteroatoms. The van der Waals surface area contributed by atoms with Gasteiger partial charge in [-0.25, -0.2) is 0 Å². The summed E-state index contributed by atoms with van der Waals surface area (Å²) in [5.41, 5.74) is 2.69. The van der Waals surface area contributed by atoms with Crippen LogP contribution in [0.3, 0.4) is 0 Å². The number of unbranched alkanes of at least 4 members (excludes halogenated alkanes) is 1. The van der Waals surface area contributed by atoms with Crippen LogP contribution in [0.1, 0.15) is 35.7 Å². The molecule has 1 heterocycles. The van der Waals surface area contributed by atoms with Gasteiger partial charge in [0.25, 0.3) is 5.91 Å². The van der Waals surface area contributed by atoms with Crippen LogP contribution >= 0.6 is 0 Å². The van der Waals surface area contributed by atoms with E-state index in [0.29, 0.717) is 12.1 Å². The molecule has 0 atom stereocenters. The normalized spacial score (nSPS) is 10.4. The lowest BCUT2D eigenvalue weighted by molar-refractivity contribution is 0.0954. The van der Waals surface area contributed by atoms with Crippen molar-refractivity contribution in [2.45, 2.75) is 26.2 Å². The molecule has 2 aromatic rings. The van der Waals surface area contributed by atoms with E-state index in [1.807, 2.05) is 37.4 Å². The summed E-state index contributed by atoms with van der Waals surface area (Å²) in [5.74, 6) is 0.733. The Bertz CT molecular complexity index is 688.